The maximum absolute atomic E-state index is 5.54. The Morgan fingerprint density at radius 2 is 2.38 bits per heavy atom. The number of hydrogen-bond donors (Lipinski definition) is 1. The average Bonchev–Trinajstić information content (AvgIpc) is 2.45. The quantitative estimate of drug-likeness (QED) is 0.736. The fourth-order valence-corrected chi connectivity index (χ4v) is 1.93. The Morgan fingerprint density at radius 1 is 1.62 bits per heavy atom. The van der Waals surface area contributed by atoms with Crippen molar-refractivity contribution in [2.45, 2.75) is 20.4 Å². The third kappa shape index (κ3) is 4.22. The molecule has 0 aromatic carbocycles. The molecule has 0 saturated heterocycles. The maximum Gasteiger partial charge on any atom is 0.0719 e. The lowest BCUT2D eigenvalue weighted by molar-refractivity contribution is 0.664. The molecule has 2 N–H and O–H groups in total. The molecule has 4 heteroatoms. The highest BCUT2D eigenvalue weighted by Crippen LogP contribution is 2.08. The highest BCUT2D eigenvalue weighted by molar-refractivity contribution is 7.99. The Labute approximate surface area is 83.7 Å². The van der Waals surface area contributed by atoms with Gasteiger partial charge in [0.2, 0.25) is 0 Å². The molecule has 74 valence electrons. The van der Waals surface area contributed by atoms with Gasteiger partial charge in [0, 0.05) is 11.9 Å². The van der Waals surface area contributed by atoms with Crippen LogP contribution in [0.4, 0.5) is 5.69 Å². The summed E-state index contributed by atoms with van der Waals surface area (Å²) >= 11 is 1.96. The minimum atomic E-state index is 0.744. The Hall–Kier alpha value is -0.640. The molecule has 0 saturated carbocycles. The predicted molar refractivity (Wildman–Crippen MR) is 58.8 cm³/mol. The fraction of sp³-hybridized carbons (Fsp3) is 0.667. The van der Waals surface area contributed by atoms with Gasteiger partial charge in [-0.25, -0.2) is 0 Å². The second-order valence-corrected chi connectivity index (χ2v) is 4.66. The van der Waals surface area contributed by atoms with Gasteiger partial charge in [-0.15, -0.1) is 0 Å². The highest BCUT2D eigenvalue weighted by Gasteiger charge is 1.96. The summed E-state index contributed by atoms with van der Waals surface area (Å²) in [5, 5.41) is 4.11. The zero-order valence-electron chi connectivity index (χ0n) is 8.23. The largest absolute Gasteiger partial charge is 0.396 e. The lowest BCUT2D eigenvalue weighted by Crippen LogP contribution is -2.02. The van der Waals surface area contributed by atoms with Crippen molar-refractivity contribution in [1.82, 2.24) is 9.78 Å². The van der Waals surface area contributed by atoms with Crippen LogP contribution in [0.3, 0.4) is 0 Å². The van der Waals surface area contributed by atoms with Gasteiger partial charge in [0.1, 0.15) is 0 Å². The number of aryl methyl sites for hydroxylation is 1. The molecule has 0 aliphatic carbocycles. The van der Waals surface area contributed by atoms with Crippen molar-refractivity contribution in [2.75, 3.05) is 17.2 Å². The first-order valence-corrected chi connectivity index (χ1v) is 5.69. The molecule has 0 aliphatic heterocycles. The lowest BCUT2D eigenvalue weighted by atomic mass is 10.3. The van der Waals surface area contributed by atoms with Crippen molar-refractivity contribution in [2.24, 2.45) is 5.92 Å². The predicted octanol–water partition coefficient (Wildman–Crippen LogP) is 1.85. The van der Waals surface area contributed by atoms with Crippen LogP contribution in [0, 0.1) is 5.92 Å². The molecule has 0 fully saturated rings. The van der Waals surface area contributed by atoms with Gasteiger partial charge in [-0.1, -0.05) is 13.8 Å². The Bertz CT molecular complexity index is 245. The van der Waals surface area contributed by atoms with E-state index in [0.29, 0.717) is 0 Å². The van der Waals surface area contributed by atoms with Crippen LogP contribution in [0.2, 0.25) is 0 Å². The van der Waals surface area contributed by atoms with Crippen molar-refractivity contribution in [3.63, 3.8) is 0 Å². The zero-order chi connectivity index (χ0) is 9.68. The van der Waals surface area contributed by atoms with E-state index in [1.165, 1.54) is 5.75 Å². The van der Waals surface area contributed by atoms with Gasteiger partial charge >= 0.3 is 0 Å². The van der Waals surface area contributed by atoms with Crippen molar-refractivity contribution < 1.29 is 0 Å². The molecule has 0 spiro atoms. The van der Waals surface area contributed by atoms with Crippen LogP contribution >= 0.6 is 11.8 Å². The first-order chi connectivity index (χ1) is 6.18. The number of rotatable bonds is 5. The van der Waals surface area contributed by atoms with Crippen molar-refractivity contribution in [1.29, 1.82) is 0 Å². The summed E-state index contributed by atoms with van der Waals surface area (Å²) in [6.07, 6.45) is 3.56. The van der Waals surface area contributed by atoms with Crippen LogP contribution in [0.5, 0.6) is 0 Å². The van der Waals surface area contributed by atoms with Crippen molar-refractivity contribution in [3.05, 3.63) is 12.4 Å². The molecule has 0 amide bonds. The number of anilines is 1. The molecule has 3 nitrogen and oxygen atoms in total. The van der Waals surface area contributed by atoms with E-state index in [2.05, 4.69) is 18.9 Å². The van der Waals surface area contributed by atoms with Crippen LogP contribution in [-0.4, -0.2) is 21.3 Å². The standard InChI is InChI=1S/C9H17N3S/c1-8(2)7-13-4-3-12-6-9(10)5-11-12/h5-6,8H,3-4,7,10H2,1-2H3. The molecule has 0 atom stereocenters. The van der Waals surface area contributed by atoms with E-state index in [1.54, 1.807) is 6.20 Å². The number of aromatic nitrogens is 2. The number of nitrogen functional groups attached to an aromatic ring is 1. The third-order valence-corrected chi connectivity index (χ3v) is 2.94. The minimum absolute atomic E-state index is 0.744. The molecular weight excluding hydrogens is 182 g/mol. The molecule has 0 aliphatic rings. The Kier molecular flexibility index (Phi) is 4.15. The van der Waals surface area contributed by atoms with Crippen LogP contribution in [0.1, 0.15) is 13.8 Å². The van der Waals surface area contributed by atoms with Gasteiger partial charge < -0.3 is 5.73 Å². The van der Waals surface area contributed by atoms with E-state index in [-0.39, 0.29) is 0 Å². The summed E-state index contributed by atoms with van der Waals surface area (Å²) < 4.78 is 1.89. The minimum Gasteiger partial charge on any atom is -0.396 e. The molecule has 1 aromatic rings. The van der Waals surface area contributed by atoms with Gasteiger partial charge in [-0.3, -0.25) is 4.68 Å². The molecule has 0 unspecified atom stereocenters. The highest BCUT2D eigenvalue weighted by atomic mass is 32.2. The number of nitrogens with zero attached hydrogens (tertiary/aromatic N) is 2. The van der Waals surface area contributed by atoms with Crippen LogP contribution in [-0.2, 0) is 6.54 Å². The third-order valence-electron chi connectivity index (χ3n) is 1.57. The number of thioether (sulfide) groups is 1. The van der Waals surface area contributed by atoms with Gasteiger partial charge in [0.25, 0.3) is 0 Å². The molecule has 0 radical (unpaired) electrons. The molecule has 1 rings (SSSR count). The first kappa shape index (κ1) is 10.4. The van der Waals surface area contributed by atoms with Crippen molar-refractivity contribution >= 4 is 17.4 Å². The van der Waals surface area contributed by atoms with E-state index >= 15 is 0 Å². The van der Waals surface area contributed by atoms with E-state index in [0.717, 1.165) is 23.9 Å². The lowest BCUT2D eigenvalue weighted by Gasteiger charge is -2.04. The second-order valence-electron chi connectivity index (χ2n) is 3.51. The molecular formula is C9H17N3S. The van der Waals surface area contributed by atoms with Gasteiger partial charge in [0.15, 0.2) is 0 Å². The fourth-order valence-electron chi connectivity index (χ4n) is 0.979. The second kappa shape index (κ2) is 5.17. The molecule has 13 heavy (non-hydrogen) atoms. The van der Waals surface area contributed by atoms with Gasteiger partial charge in [0.05, 0.1) is 18.4 Å². The summed E-state index contributed by atoms with van der Waals surface area (Å²) in [7, 11) is 0. The van der Waals surface area contributed by atoms with E-state index < -0.39 is 0 Å². The summed E-state index contributed by atoms with van der Waals surface area (Å²) in [4.78, 5) is 0. The van der Waals surface area contributed by atoms with Crippen molar-refractivity contribution in [3.8, 4) is 0 Å². The molecule has 1 aromatic heterocycles. The summed E-state index contributed by atoms with van der Waals surface area (Å²) in [6.45, 7) is 5.42. The van der Waals surface area contributed by atoms with E-state index in [4.69, 9.17) is 5.73 Å². The summed E-state index contributed by atoms with van der Waals surface area (Å²) in [6, 6.07) is 0. The Morgan fingerprint density at radius 3 is 2.92 bits per heavy atom. The van der Waals surface area contributed by atoms with Crippen LogP contribution < -0.4 is 5.73 Å². The normalized spacial score (nSPS) is 11.0. The van der Waals surface area contributed by atoms with Crippen LogP contribution in [0.25, 0.3) is 0 Å². The van der Waals surface area contributed by atoms with Gasteiger partial charge in [-0.05, 0) is 11.7 Å². The smallest absolute Gasteiger partial charge is 0.0719 e. The van der Waals surface area contributed by atoms with E-state index in [9.17, 15) is 0 Å². The van der Waals surface area contributed by atoms with E-state index in [1.807, 2.05) is 22.6 Å². The zero-order valence-corrected chi connectivity index (χ0v) is 9.05. The average molecular weight is 199 g/mol. The first-order valence-electron chi connectivity index (χ1n) is 4.54. The number of hydrogen-bond acceptors (Lipinski definition) is 3. The topological polar surface area (TPSA) is 43.8 Å². The summed E-state index contributed by atoms with van der Waals surface area (Å²) in [5.74, 6) is 3.10. The monoisotopic (exact) mass is 199 g/mol. The maximum atomic E-state index is 5.54. The van der Waals surface area contributed by atoms with Crippen LogP contribution in [0.15, 0.2) is 12.4 Å². The SMILES string of the molecule is CC(C)CSCCn1cc(N)cn1. The number of nitrogens with two attached hydrogens (primary N) is 1. The Balaban J connectivity index is 2.13. The summed E-state index contributed by atoms with van der Waals surface area (Å²) in [5.41, 5.74) is 6.29. The molecule has 1 heterocycles. The molecule has 0 bridgehead atoms. The van der Waals surface area contributed by atoms with Gasteiger partial charge in [-0.2, -0.15) is 16.9 Å².